The topological polar surface area (TPSA) is 83.0 Å². The molecule has 1 aliphatic rings. The van der Waals surface area contributed by atoms with Crippen molar-refractivity contribution in [2.75, 3.05) is 46.1 Å². The predicted molar refractivity (Wildman–Crippen MR) is 89.7 cm³/mol. The predicted octanol–water partition coefficient (Wildman–Crippen LogP) is 0.392. The minimum absolute atomic E-state index is 0.118. The van der Waals surface area contributed by atoms with Crippen molar-refractivity contribution in [2.45, 2.75) is 38.7 Å². The lowest BCUT2D eigenvalue weighted by Crippen LogP contribution is -2.46. The van der Waals surface area contributed by atoms with Crippen LogP contribution in [0.1, 0.15) is 33.1 Å². The van der Waals surface area contributed by atoms with Crippen LogP contribution in [0, 0.1) is 0 Å². The lowest BCUT2D eigenvalue weighted by molar-refractivity contribution is 0.0243. The molecule has 1 aliphatic heterocycles. The highest BCUT2D eigenvalue weighted by Crippen LogP contribution is 2.23. The standard InChI is InChI=1S/C14H30N4O3S/c1-5-18(22(4,19)20)10-7-9-16-13(15-3)17-12-14(2)8-6-11-21-14/h5-12H2,1-4H3,(H2,15,16,17). The van der Waals surface area contributed by atoms with Gasteiger partial charge in [0.25, 0.3) is 0 Å². The van der Waals surface area contributed by atoms with Gasteiger partial charge in [0.2, 0.25) is 10.0 Å². The molecule has 2 N–H and O–H groups in total. The zero-order valence-corrected chi connectivity index (χ0v) is 15.0. The molecule has 0 saturated carbocycles. The number of hydrogen-bond acceptors (Lipinski definition) is 4. The monoisotopic (exact) mass is 334 g/mol. The van der Waals surface area contributed by atoms with Crippen molar-refractivity contribution >= 4 is 16.0 Å². The lowest BCUT2D eigenvalue weighted by atomic mass is 10.0. The summed E-state index contributed by atoms with van der Waals surface area (Å²) in [6.07, 6.45) is 4.13. The van der Waals surface area contributed by atoms with Crippen molar-refractivity contribution in [1.82, 2.24) is 14.9 Å². The van der Waals surface area contributed by atoms with Crippen LogP contribution in [0.25, 0.3) is 0 Å². The molecule has 8 heteroatoms. The van der Waals surface area contributed by atoms with Crippen LogP contribution in [0.2, 0.25) is 0 Å². The van der Waals surface area contributed by atoms with Crippen LogP contribution in [0.4, 0.5) is 0 Å². The van der Waals surface area contributed by atoms with Crippen LogP contribution in [0.15, 0.2) is 4.99 Å². The molecule has 0 bridgehead atoms. The Bertz CT molecular complexity index is 459. The van der Waals surface area contributed by atoms with Gasteiger partial charge in [-0.25, -0.2) is 12.7 Å². The summed E-state index contributed by atoms with van der Waals surface area (Å²) < 4.78 is 30.2. The van der Waals surface area contributed by atoms with Crippen LogP contribution in [0.3, 0.4) is 0 Å². The van der Waals surface area contributed by atoms with E-state index in [1.165, 1.54) is 10.6 Å². The average molecular weight is 334 g/mol. The normalized spacial score (nSPS) is 23.0. The van der Waals surface area contributed by atoms with Crippen LogP contribution >= 0.6 is 0 Å². The number of sulfonamides is 1. The fourth-order valence-electron chi connectivity index (χ4n) is 2.49. The second-order valence-electron chi connectivity index (χ2n) is 5.86. The minimum atomic E-state index is -3.11. The third-order valence-corrected chi connectivity index (χ3v) is 5.23. The summed E-state index contributed by atoms with van der Waals surface area (Å²) in [5.74, 6) is 0.721. The van der Waals surface area contributed by atoms with Gasteiger partial charge in [-0.3, -0.25) is 4.99 Å². The van der Waals surface area contributed by atoms with Crippen LogP contribution in [0.5, 0.6) is 0 Å². The highest BCUT2D eigenvalue weighted by molar-refractivity contribution is 7.88. The smallest absolute Gasteiger partial charge is 0.211 e. The van der Waals surface area contributed by atoms with Crippen molar-refractivity contribution in [2.24, 2.45) is 4.99 Å². The first-order chi connectivity index (χ1) is 10.3. The number of nitrogens with one attached hydrogen (secondary N) is 2. The molecule has 1 fully saturated rings. The van der Waals surface area contributed by atoms with Crippen molar-refractivity contribution in [3.8, 4) is 0 Å². The first-order valence-electron chi connectivity index (χ1n) is 7.84. The molecule has 0 aromatic carbocycles. The summed E-state index contributed by atoms with van der Waals surface area (Å²) in [7, 11) is -1.38. The van der Waals surface area contributed by atoms with Gasteiger partial charge in [0.15, 0.2) is 5.96 Å². The highest BCUT2D eigenvalue weighted by atomic mass is 32.2. The molecule has 1 rings (SSSR count). The van der Waals surface area contributed by atoms with Gasteiger partial charge in [-0.15, -0.1) is 0 Å². The van der Waals surface area contributed by atoms with Crippen molar-refractivity contribution < 1.29 is 13.2 Å². The number of ether oxygens (including phenoxy) is 1. The van der Waals surface area contributed by atoms with Gasteiger partial charge in [0.1, 0.15) is 0 Å². The Kier molecular flexibility index (Phi) is 7.58. The zero-order valence-electron chi connectivity index (χ0n) is 14.2. The second-order valence-corrected chi connectivity index (χ2v) is 7.85. The van der Waals surface area contributed by atoms with E-state index in [-0.39, 0.29) is 5.60 Å². The zero-order chi connectivity index (χ0) is 16.6. The number of nitrogens with zero attached hydrogens (tertiary/aromatic N) is 2. The Hall–Kier alpha value is -0.860. The summed E-state index contributed by atoms with van der Waals surface area (Å²) >= 11 is 0. The molecule has 22 heavy (non-hydrogen) atoms. The van der Waals surface area contributed by atoms with Gasteiger partial charge < -0.3 is 15.4 Å². The minimum Gasteiger partial charge on any atom is -0.373 e. The summed E-state index contributed by atoms with van der Waals surface area (Å²) in [6, 6.07) is 0. The number of hydrogen-bond donors (Lipinski definition) is 2. The quantitative estimate of drug-likeness (QED) is 0.381. The van der Waals surface area contributed by atoms with E-state index in [1.54, 1.807) is 7.05 Å². The molecule has 0 aliphatic carbocycles. The fourth-order valence-corrected chi connectivity index (χ4v) is 3.42. The molecular formula is C14H30N4O3S. The van der Waals surface area contributed by atoms with E-state index in [0.29, 0.717) is 19.6 Å². The summed E-state index contributed by atoms with van der Waals surface area (Å²) in [6.45, 7) is 7.17. The molecular weight excluding hydrogens is 304 g/mol. The number of rotatable bonds is 8. The third kappa shape index (κ3) is 6.50. The molecule has 1 atom stereocenters. The molecule has 0 spiro atoms. The lowest BCUT2D eigenvalue weighted by Gasteiger charge is -2.25. The largest absolute Gasteiger partial charge is 0.373 e. The Morgan fingerprint density at radius 2 is 2.14 bits per heavy atom. The van der Waals surface area contributed by atoms with Crippen molar-refractivity contribution in [1.29, 1.82) is 0 Å². The van der Waals surface area contributed by atoms with Gasteiger partial charge in [-0.1, -0.05) is 6.92 Å². The van der Waals surface area contributed by atoms with E-state index >= 15 is 0 Å². The summed E-state index contributed by atoms with van der Waals surface area (Å²) in [5.41, 5.74) is -0.118. The van der Waals surface area contributed by atoms with E-state index in [1.807, 2.05) is 6.92 Å². The molecule has 0 radical (unpaired) electrons. The Morgan fingerprint density at radius 1 is 1.41 bits per heavy atom. The van der Waals surface area contributed by atoms with E-state index in [0.717, 1.165) is 38.4 Å². The van der Waals surface area contributed by atoms with E-state index < -0.39 is 10.0 Å². The van der Waals surface area contributed by atoms with Gasteiger partial charge in [-0.05, 0) is 26.2 Å². The maximum absolute atomic E-state index is 11.5. The Labute approximate surface area is 134 Å². The maximum Gasteiger partial charge on any atom is 0.211 e. The molecule has 130 valence electrons. The fraction of sp³-hybridized carbons (Fsp3) is 0.929. The second kappa shape index (κ2) is 8.69. The van der Waals surface area contributed by atoms with E-state index in [9.17, 15) is 8.42 Å². The van der Waals surface area contributed by atoms with Crippen molar-refractivity contribution in [3.63, 3.8) is 0 Å². The van der Waals surface area contributed by atoms with Crippen LogP contribution < -0.4 is 10.6 Å². The van der Waals surface area contributed by atoms with Gasteiger partial charge in [0.05, 0.1) is 11.9 Å². The summed E-state index contributed by atoms with van der Waals surface area (Å²) in [5, 5.41) is 6.47. The molecule has 1 saturated heterocycles. The molecule has 0 aromatic rings. The highest BCUT2D eigenvalue weighted by Gasteiger charge is 2.29. The number of guanidine groups is 1. The van der Waals surface area contributed by atoms with Gasteiger partial charge >= 0.3 is 0 Å². The average Bonchev–Trinajstić information content (AvgIpc) is 2.88. The third-order valence-electron chi connectivity index (χ3n) is 3.85. The first-order valence-corrected chi connectivity index (χ1v) is 9.69. The van der Waals surface area contributed by atoms with Crippen molar-refractivity contribution in [3.05, 3.63) is 0 Å². The number of aliphatic imine (C=N–C) groups is 1. The Morgan fingerprint density at radius 3 is 2.64 bits per heavy atom. The summed E-state index contributed by atoms with van der Waals surface area (Å²) in [4.78, 5) is 4.17. The van der Waals surface area contributed by atoms with Gasteiger partial charge in [-0.2, -0.15) is 0 Å². The van der Waals surface area contributed by atoms with Crippen LogP contribution in [-0.4, -0.2) is 70.4 Å². The maximum atomic E-state index is 11.5. The molecule has 0 amide bonds. The molecule has 1 heterocycles. The molecule has 0 aromatic heterocycles. The Balaban J connectivity index is 2.27. The van der Waals surface area contributed by atoms with E-state index in [2.05, 4.69) is 22.5 Å². The SMILES string of the molecule is CCN(CCCNC(=NC)NCC1(C)CCCO1)S(C)(=O)=O. The van der Waals surface area contributed by atoms with Crippen LogP contribution in [-0.2, 0) is 14.8 Å². The molecule has 1 unspecified atom stereocenters. The van der Waals surface area contributed by atoms with E-state index in [4.69, 9.17) is 4.74 Å². The first kappa shape index (κ1) is 19.2. The van der Waals surface area contributed by atoms with Gasteiger partial charge in [0, 0.05) is 39.8 Å². The molecule has 7 nitrogen and oxygen atoms in total.